The van der Waals surface area contributed by atoms with E-state index in [2.05, 4.69) is 10.6 Å². The number of carbonyl (C=O) groups excluding carboxylic acids is 8. The molecular weight excluding hydrogens is 803 g/mol. The summed E-state index contributed by atoms with van der Waals surface area (Å²) in [4.78, 5) is 112. The zero-order valence-corrected chi connectivity index (χ0v) is 36.3. The summed E-state index contributed by atoms with van der Waals surface area (Å²) in [7, 11) is 0. The van der Waals surface area contributed by atoms with Gasteiger partial charge in [0.15, 0.2) is 18.4 Å². The van der Waals surface area contributed by atoms with E-state index in [1.54, 1.807) is 81.4 Å². The molecule has 3 heterocycles. The monoisotopic (exact) mass is 861 g/mol. The smallest absolute Gasteiger partial charge is 0.410 e. The fourth-order valence-electron chi connectivity index (χ4n) is 7.88. The molecule has 5 rings (SSSR count). The lowest BCUT2D eigenvalue weighted by molar-refractivity contribution is -0.163. The van der Waals surface area contributed by atoms with Gasteiger partial charge in [0.1, 0.15) is 42.5 Å². The minimum absolute atomic E-state index is 0.122. The highest BCUT2D eigenvalue weighted by Gasteiger charge is 2.45. The second kappa shape index (κ2) is 21.2. The Bertz CT molecular complexity index is 1940. The number of nitrogens with one attached hydrogen (secondary N) is 2. The number of ketones is 1. The van der Waals surface area contributed by atoms with Crippen LogP contribution in [0.2, 0.25) is 0 Å². The molecule has 0 unspecified atom stereocenters. The summed E-state index contributed by atoms with van der Waals surface area (Å²) in [5.41, 5.74) is 0.236. The number of alkyl carbamates (subject to hydrolysis) is 1. The Labute approximate surface area is 362 Å². The first-order valence-corrected chi connectivity index (χ1v) is 21.3. The van der Waals surface area contributed by atoms with Gasteiger partial charge < -0.3 is 39.4 Å². The van der Waals surface area contributed by atoms with Gasteiger partial charge in [0.2, 0.25) is 17.7 Å². The van der Waals surface area contributed by atoms with Gasteiger partial charge in [-0.1, -0.05) is 67.6 Å². The first-order valence-electron chi connectivity index (χ1n) is 21.3. The molecule has 62 heavy (non-hydrogen) atoms. The number of Topliss-reactive ketones (excluding diaryl/α,β-unsaturated/α-hetero) is 1. The molecule has 0 aromatic heterocycles. The SMILES string of the molecule is C[C@H]1C[C@@H](C(=O)O[C@@H](C)[C@H](NC(=O)OCc2ccccc2)C(=O)OCC(=O)c2ccccc2)N(C(=O)[C@H](C)NC(=O)[C@@H]2CCCCN2C(=O)[C@@H]2CCCN2C(=O)OC(C)(C)C)C1. The Morgan fingerprint density at radius 3 is 2.08 bits per heavy atom. The number of hydrogen-bond acceptors (Lipinski definition) is 12. The number of ether oxygens (including phenoxy) is 4. The van der Waals surface area contributed by atoms with Crippen molar-refractivity contribution in [1.29, 1.82) is 0 Å². The van der Waals surface area contributed by atoms with Crippen LogP contribution in [0.25, 0.3) is 0 Å². The van der Waals surface area contributed by atoms with E-state index < -0.39 is 90.2 Å². The van der Waals surface area contributed by atoms with Crippen LogP contribution < -0.4 is 10.6 Å². The number of amides is 5. The van der Waals surface area contributed by atoms with Crippen LogP contribution in [0.3, 0.4) is 0 Å². The van der Waals surface area contributed by atoms with Gasteiger partial charge in [0.05, 0.1) is 0 Å². The Morgan fingerprint density at radius 1 is 0.758 bits per heavy atom. The van der Waals surface area contributed by atoms with Crippen molar-refractivity contribution in [2.45, 2.75) is 129 Å². The zero-order chi connectivity index (χ0) is 45.1. The van der Waals surface area contributed by atoms with Gasteiger partial charge in [0.25, 0.3) is 0 Å². The average molecular weight is 862 g/mol. The van der Waals surface area contributed by atoms with Gasteiger partial charge in [-0.05, 0) is 84.6 Å². The first-order chi connectivity index (χ1) is 29.4. The number of esters is 2. The maximum absolute atomic E-state index is 14.0. The van der Waals surface area contributed by atoms with Crippen LogP contribution in [0.5, 0.6) is 0 Å². The summed E-state index contributed by atoms with van der Waals surface area (Å²) in [6.07, 6.45) is 0.0315. The third-order valence-corrected chi connectivity index (χ3v) is 11.0. The Balaban J connectivity index is 1.22. The second-order valence-electron chi connectivity index (χ2n) is 17.2. The van der Waals surface area contributed by atoms with E-state index in [0.29, 0.717) is 56.3 Å². The normalized spacial score (nSPS) is 21.5. The van der Waals surface area contributed by atoms with Gasteiger partial charge in [-0.15, -0.1) is 0 Å². The van der Waals surface area contributed by atoms with Gasteiger partial charge in [-0.2, -0.15) is 0 Å². The molecule has 0 radical (unpaired) electrons. The molecule has 3 aliphatic heterocycles. The van der Waals surface area contributed by atoms with E-state index in [1.165, 1.54) is 28.5 Å². The van der Waals surface area contributed by atoms with E-state index in [1.807, 2.05) is 6.92 Å². The molecule has 3 saturated heterocycles. The number of benzene rings is 2. The van der Waals surface area contributed by atoms with E-state index in [9.17, 15) is 38.4 Å². The molecule has 17 heteroatoms. The summed E-state index contributed by atoms with van der Waals surface area (Å²) in [5.74, 6) is -3.99. The molecule has 7 atom stereocenters. The van der Waals surface area contributed by atoms with Crippen molar-refractivity contribution in [3.05, 3.63) is 71.8 Å². The van der Waals surface area contributed by atoms with Gasteiger partial charge in [-0.25, -0.2) is 19.2 Å². The Hall–Kier alpha value is -6.00. The minimum Gasteiger partial charge on any atom is -0.458 e. The molecule has 0 saturated carbocycles. The number of piperidine rings is 1. The fraction of sp³-hybridized carbons (Fsp3) is 0.556. The van der Waals surface area contributed by atoms with Crippen LogP contribution in [0.15, 0.2) is 60.7 Å². The topological polar surface area (TPSA) is 207 Å². The highest BCUT2D eigenvalue weighted by atomic mass is 16.6. The molecule has 2 aromatic rings. The highest BCUT2D eigenvalue weighted by Crippen LogP contribution is 2.28. The molecule has 17 nitrogen and oxygen atoms in total. The average Bonchev–Trinajstić information content (AvgIpc) is 3.91. The van der Waals surface area contributed by atoms with Crippen LogP contribution in [-0.2, 0) is 49.5 Å². The summed E-state index contributed by atoms with van der Waals surface area (Å²) < 4.78 is 21.9. The van der Waals surface area contributed by atoms with Crippen molar-refractivity contribution in [3.8, 4) is 0 Å². The second-order valence-corrected chi connectivity index (χ2v) is 17.2. The molecule has 2 N–H and O–H groups in total. The number of nitrogens with zero attached hydrogens (tertiary/aromatic N) is 3. The van der Waals surface area contributed by atoms with Gasteiger partial charge >= 0.3 is 24.1 Å². The molecular formula is C45H59N5O12. The fourth-order valence-corrected chi connectivity index (χ4v) is 7.88. The summed E-state index contributed by atoms with van der Waals surface area (Å²) in [6.45, 7) is 10.0. The Kier molecular flexibility index (Phi) is 16.1. The molecule has 5 amide bonds. The molecule has 336 valence electrons. The number of carbonyl (C=O) groups is 8. The summed E-state index contributed by atoms with van der Waals surface area (Å²) >= 11 is 0. The van der Waals surface area contributed by atoms with Crippen LogP contribution in [0, 0.1) is 5.92 Å². The standard InChI is InChI=1S/C45H59N5O12/c1-28-24-35(41(55)61-30(3)37(47-43(57)60-26-31-16-9-7-10-17-31)42(56)59-27-36(51)32-18-11-8-12-19-32)50(25-28)39(53)29(2)46-38(52)33-20-13-14-22-48(33)40(54)34-21-15-23-49(34)44(58)62-45(4,5)6/h7-12,16-19,28-30,33-35,37H,13-15,20-27H2,1-6H3,(H,46,52)(H,47,57)/t28-,29-,30-,33-,34-,35-,37-/m0/s1. The predicted molar refractivity (Wildman–Crippen MR) is 223 cm³/mol. The first kappa shape index (κ1) is 47.1. The van der Waals surface area contributed by atoms with Crippen molar-refractivity contribution in [2.24, 2.45) is 5.92 Å². The summed E-state index contributed by atoms with van der Waals surface area (Å²) in [5, 5.41) is 5.16. The maximum Gasteiger partial charge on any atom is 0.410 e. The Morgan fingerprint density at radius 2 is 1.40 bits per heavy atom. The largest absolute Gasteiger partial charge is 0.458 e. The number of likely N-dealkylation sites (tertiary alicyclic amines) is 3. The van der Waals surface area contributed by atoms with Crippen molar-refractivity contribution in [1.82, 2.24) is 25.3 Å². The van der Waals surface area contributed by atoms with Crippen molar-refractivity contribution < 1.29 is 57.3 Å². The quantitative estimate of drug-likeness (QED) is 0.156. The minimum atomic E-state index is -1.60. The highest BCUT2D eigenvalue weighted by molar-refractivity contribution is 5.98. The molecule has 0 aliphatic carbocycles. The molecule has 0 spiro atoms. The predicted octanol–water partition coefficient (Wildman–Crippen LogP) is 4.16. The van der Waals surface area contributed by atoms with Crippen LogP contribution in [0.1, 0.15) is 96.0 Å². The van der Waals surface area contributed by atoms with E-state index >= 15 is 0 Å². The van der Waals surface area contributed by atoms with Crippen molar-refractivity contribution >= 4 is 47.6 Å². The molecule has 3 aliphatic rings. The number of rotatable bonds is 14. The zero-order valence-electron chi connectivity index (χ0n) is 36.3. The van der Waals surface area contributed by atoms with Crippen LogP contribution in [0.4, 0.5) is 9.59 Å². The maximum atomic E-state index is 14.0. The van der Waals surface area contributed by atoms with E-state index in [0.717, 1.165) is 0 Å². The summed E-state index contributed by atoms with van der Waals surface area (Å²) in [6, 6.07) is 11.5. The number of hydrogen-bond donors (Lipinski definition) is 2. The van der Waals surface area contributed by atoms with Crippen molar-refractivity contribution in [2.75, 3.05) is 26.2 Å². The third-order valence-electron chi connectivity index (χ3n) is 11.0. The van der Waals surface area contributed by atoms with Crippen LogP contribution >= 0.6 is 0 Å². The van der Waals surface area contributed by atoms with Gasteiger partial charge in [0, 0.05) is 25.2 Å². The molecule has 2 aromatic carbocycles. The van der Waals surface area contributed by atoms with Crippen molar-refractivity contribution in [3.63, 3.8) is 0 Å². The molecule has 0 bridgehead atoms. The lowest BCUT2D eigenvalue weighted by Crippen LogP contribution is -2.59. The lowest BCUT2D eigenvalue weighted by atomic mass is 9.99. The van der Waals surface area contributed by atoms with Crippen LogP contribution in [-0.4, -0.2) is 130 Å². The molecule has 3 fully saturated rings. The lowest BCUT2D eigenvalue weighted by Gasteiger charge is -2.38. The van der Waals surface area contributed by atoms with E-state index in [4.69, 9.17) is 18.9 Å². The van der Waals surface area contributed by atoms with Gasteiger partial charge in [-0.3, -0.25) is 24.1 Å². The van der Waals surface area contributed by atoms with E-state index in [-0.39, 0.29) is 31.4 Å². The third kappa shape index (κ3) is 12.5.